The second-order valence-electron chi connectivity index (χ2n) is 4.48. The fourth-order valence-corrected chi connectivity index (χ4v) is 2.18. The number of amides is 1. The Kier molecular flexibility index (Phi) is 5.93. The fourth-order valence-electron chi connectivity index (χ4n) is 2.00. The molecule has 1 aromatic rings. The summed E-state index contributed by atoms with van der Waals surface area (Å²) in [7, 11) is 0. The molecular formula is C13H18Cl2N2O. The number of piperidine rings is 1. The van der Waals surface area contributed by atoms with Gasteiger partial charge in [-0.15, -0.1) is 12.4 Å². The van der Waals surface area contributed by atoms with E-state index in [0.717, 1.165) is 37.2 Å². The van der Waals surface area contributed by atoms with Crippen LogP contribution in [0.2, 0.25) is 5.02 Å². The van der Waals surface area contributed by atoms with E-state index in [-0.39, 0.29) is 24.2 Å². The average molecular weight is 289 g/mol. The molecule has 5 heteroatoms. The molecule has 0 spiro atoms. The largest absolute Gasteiger partial charge is 0.326 e. The third-order valence-corrected chi connectivity index (χ3v) is 3.56. The van der Waals surface area contributed by atoms with Crippen molar-refractivity contribution in [2.45, 2.75) is 19.8 Å². The highest BCUT2D eigenvalue weighted by molar-refractivity contribution is 6.31. The van der Waals surface area contributed by atoms with Crippen LogP contribution in [-0.2, 0) is 4.79 Å². The summed E-state index contributed by atoms with van der Waals surface area (Å²) in [5.74, 6) is 0.225. The van der Waals surface area contributed by atoms with Crippen LogP contribution in [0.4, 0.5) is 5.69 Å². The maximum Gasteiger partial charge on any atom is 0.227 e. The summed E-state index contributed by atoms with van der Waals surface area (Å²) >= 11 is 6.02. The van der Waals surface area contributed by atoms with Gasteiger partial charge in [0, 0.05) is 16.6 Å². The van der Waals surface area contributed by atoms with Gasteiger partial charge in [-0.3, -0.25) is 4.79 Å². The van der Waals surface area contributed by atoms with Crippen LogP contribution < -0.4 is 10.6 Å². The molecule has 100 valence electrons. The molecular weight excluding hydrogens is 271 g/mol. The highest BCUT2D eigenvalue weighted by Gasteiger charge is 2.20. The summed E-state index contributed by atoms with van der Waals surface area (Å²) in [5, 5.41) is 6.87. The summed E-state index contributed by atoms with van der Waals surface area (Å²) in [6.45, 7) is 3.79. The molecule has 1 fully saturated rings. The third-order valence-electron chi connectivity index (χ3n) is 3.15. The van der Waals surface area contributed by atoms with Crippen LogP contribution in [0.1, 0.15) is 18.4 Å². The molecule has 1 aliphatic heterocycles. The van der Waals surface area contributed by atoms with Crippen LogP contribution in [0.25, 0.3) is 0 Å². The maximum absolute atomic E-state index is 12.0. The Morgan fingerprint density at radius 1 is 1.39 bits per heavy atom. The van der Waals surface area contributed by atoms with Crippen LogP contribution in [0, 0.1) is 12.8 Å². The summed E-state index contributed by atoms with van der Waals surface area (Å²) in [6.07, 6.45) is 1.82. The minimum absolute atomic E-state index is 0. The van der Waals surface area contributed by atoms with Crippen LogP contribution >= 0.6 is 24.0 Å². The van der Waals surface area contributed by atoms with E-state index in [0.29, 0.717) is 5.02 Å². The number of anilines is 1. The molecule has 0 saturated carbocycles. The molecule has 1 heterocycles. The minimum atomic E-state index is 0. The van der Waals surface area contributed by atoms with Gasteiger partial charge in [0.2, 0.25) is 5.91 Å². The predicted molar refractivity (Wildman–Crippen MR) is 77.7 cm³/mol. The quantitative estimate of drug-likeness (QED) is 0.878. The van der Waals surface area contributed by atoms with Gasteiger partial charge in [-0.1, -0.05) is 17.7 Å². The van der Waals surface area contributed by atoms with Crippen molar-refractivity contribution in [3.63, 3.8) is 0 Å². The number of carbonyl (C=O) groups excluding carboxylic acids is 1. The predicted octanol–water partition coefficient (Wildman–Crippen LogP) is 3.01. The second kappa shape index (κ2) is 6.98. The van der Waals surface area contributed by atoms with Crippen molar-refractivity contribution in [2.75, 3.05) is 18.4 Å². The first kappa shape index (κ1) is 15.3. The van der Waals surface area contributed by atoms with Crippen LogP contribution in [0.5, 0.6) is 0 Å². The smallest absolute Gasteiger partial charge is 0.227 e. The van der Waals surface area contributed by atoms with Crippen LogP contribution in [-0.4, -0.2) is 19.0 Å². The first-order valence-corrected chi connectivity index (χ1v) is 6.32. The molecule has 0 aliphatic carbocycles. The Bertz CT molecular complexity index is 417. The lowest BCUT2D eigenvalue weighted by Gasteiger charge is -2.21. The third kappa shape index (κ3) is 3.87. The van der Waals surface area contributed by atoms with Crippen molar-refractivity contribution in [1.29, 1.82) is 0 Å². The maximum atomic E-state index is 12.0. The van der Waals surface area contributed by atoms with E-state index in [4.69, 9.17) is 11.6 Å². The van der Waals surface area contributed by atoms with E-state index in [2.05, 4.69) is 10.6 Å². The molecule has 1 aromatic carbocycles. The van der Waals surface area contributed by atoms with E-state index in [1.54, 1.807) is 6.07 Å². The Morgan fingerprint density at radius 2 is 2.06 bits per heavy atom. The van der Waals surface area contributed by atoms with E-state index >= 15 is 0 Å². The summed E-state index contributed by atoms with van der Waals surface area (Å²) in [5.41, 5.74) is 1.80. The summed E-state index contributed by atoms with van der Waals surface area (Å²) in [4.78, 5) is 12.0. The van der Waals surface area contributed by atoms with Gasteiger partial charge in [-0.2, -0.15) is 0 Å². The van der Waals surface area contributed by atoms with E-state index in [1.807, 2.05) is 19.1 Å². The molecule has 0 radical (unpaired) electrons. The lowest BCUT2D eigenvalue weighted by molar-refractivity contribution is -0.120. The van der Waals surface area contributed by atoms with Crippen molar-refractivity contribution in [3.05, 3.63) is 28.8 Å². The Hall–Kier alpha value is -0.770. The summed E-state index contributed by atoms with van der Waals surface area (Å²) in [6, 6.07) is 5.61. The van der Waals surface area contributed by atoms with Gasteiger partial charge < -0.3 is 10.6 Å². The molecule has 0 aromatic heterocycles. The number of carbonyl (C=O) groups is 1. The molecule has 2 rings (SSSR count). The van der Waals surface area contributed by atoms with Gasteiger partial charge in [-0.05, 0) is 50.6 Å². The number of benzene rings is 1. The molecule has 1 saturated heterocycles. The Morgan fingerprint density at radius 3 is 2.67 bits per heavy atom. The number of rotatable bonds is 2. The number of hydrogen-bond acceptors (Lipinski definition) is 2. The second-order valence-corrected chi connectivity index (χ2v) is 4.88. The molecule has 3 nitrogen and oxygen atoms in total. The van der Waals surface area contributed by atoms with Crippen LogP contribution in [0.3, 0.4) is 0 Å². The molecule has 0 atom stereocenters. The normalized spacial score (nSPS) is 15.9. The highest BCUT2D eigenvalue weighted by atomic mass is 35.5. The first-order valence-electron chi connectivity index (χ1n) is 5.94. The number of aryl methyl sites for hydroxylation is 1. The SMILES string of the molecule is Cc1ccc(NC(=O)C2CCNCC2)cc1Cl.Cl. The molecule has 1 aliphatic rings. The number of hydrogen-bond donors (Lipinski definition) is 2. The number of halogens is 2. The van der Waals surface area contributed by atoms with Crippen molar-refractivity contribution < 1.29 is 4.79 Å². The number of nitrogens with one attached hydrogen (secondary N) is 2. The molecule has 2 N–H and O–H groups in total. The van der Waals surface area contributed by atoms with Gasteiger partial charge in [0.15, 0.2) is 0 Å². The molecule has 0 bridgehead atoms. The highest BCUT2D eigenvalue weighted by Crippen LogP contribution is 2.21. The molecule has 1 amide bonds. The van der Waals surface area contributed by atoms with Gasteiger partial charge in [-0.25, -0.2) is 0 Å². The van der Waals surface area contributed by atoms with Crippen molar-refractivity contribution >= 4 is 35.6 Å². The fraction of sp³-hybridized carbons (Fsp3) is 0.462. The molecule has 18 heavy (non-hydrogen) atoms. The van der Waals surface area contributed by atoms with Gasteiger partial charge in [0.05, 0.1) is 0 Å². The van der Waals surface area contributed by atoms with Crippen molar-refractivity contribution in [1.82, 2.24) is 5.32 Å². The standard InChI is InChI=1S/C13H17ClN2O.ClH/c1-9-2-3-11(8-12(9)14)16-13(17)10-4-6-15-7-5-10;/h2-3,8,10,15H,4-7H2,1H3,(H,16,17);1H. The van der Waals surface area contributed by atoms with Gasteiger partial charge in [0.1, 0.15) is 0 Å². The Labute approximate surface area is 119 Å². The van der Waals surface area contributed by atoms with Crippen LogP contribution in [0.15, 0.2) is 18.2 Å². The first-order chi connectivity index (χ1) is 8.16. The van der Waals surface area contributed by atoms with E-state index < -0.39 is 0 Å². The zero-order valence-electron chi connectivity index (χ0n) is 10.3. The van der Waals surface area contributed by atoms with E-state index in [9.17, 15) is 4.79 Å². The van der Waals surface area contributed by atoms with Crippen molar-refractivity contribution in [2.24, 2.45) is 5.92 Å². The topological polar surface area (TPSA) is 41.1 Å². The van der Waals surface area contributed by atoms with Gasteiger partial charge in [0.25, 0.3) is 0 Å². The lowest BCUT2D eigenvalue weighted by Crippen LogP contribution is -2.34. The zero-order chi connectivity index (χ0) is 12.3. The average Bonchev–Trinajstić information content (AvgIpc) is 2.35. The zero-order valence-corrected chi connectivity index (χ0v) is 11.9. The lowest BCUT2D eigenvalue weighted by atomic mass is 9.97. The summed E-state index contributed by atoms with van der Waals surface area (Å²) < 4.78 is 0. The van der Waals surface area contributed by atoms with Crippen molar-refractivity contribution in [3.8, 4) is 0 Å². The molecule has 0 unspecified atom stereocenters. The van der Waals surface area contributed by atoms with E-state index in [1.165, 1.54) is 0 Å². The monoisotopic (exact) mass is 288 g/mol. The minimum Gasteiger partial charge on any atom is -0.326 e. The Balaban J connectivity index is 0.00000162. The van der Waals surface area contributed by atoms with Gasteiger partial charge >= 0.3 is 0 Å².